The summed E-state index contributed by atoms with van der Waals surface area (Å²) in [5.74, 6) is -1.72. The van der Waals surface area contributed by atoms with E-state index in [0.717, 1.165) is 10.0 Å². The summed E-state index contributed by atoms with van der Waals surface area (Å²) in [4.78, 5) is 38.1. The van der Waals surface area contributed by atoms with Crippen LogP contribution in [-0.2, 0) is 4.74 Å². The van der Waals surface area contributed by atoms with Crippen LogP contribution in [0.3, 0.4) is 0 Å². The number of benzene rings is 2. The van der Waals surface area contributed by atoms with Crippen LogP contribution in [-0.4, -0.2) is 107 Å². The number of rotatable bonds is 12. The fourth-order valence-corrected chi connectivity index (χ4v) is 5.42. The van der Waals surface area contributed by atoms with E-state index in [1.165, 1.54) is 36.0 Å². The average Bonchev–Trinajstić information content (AvgIpc) is 3.99. The highest BCUT2D eigenvalue weighted by Gasteiger charge is 2.34. The van der Waals surface area contributed by atoms with E-state index in [1.54, 1.807) is 50.2 Å². The zero-order valence-corrected chi connectivity index (χ0v) is 30.0. The maximum absolute atomic E-state index is 12.6. The fourth-order valence-electron chi connectivity index (χ4n) is 5.42. The molecule has 0 aliphatic carbocycles. The number of nitrogens with one attached hydrogen (secondary N) is 4. The zero-order chi connectivity index (χ0) is 39.5. The maximum atomic E-state index is 12.6. The molecule has 7 rings (SSSR count). The summed E-state index contributed by atoms with van der Waals surface area (Å²) in [6.45, 7) is 2.47. The lowest BCUT2D eigenvalue weighted by Gasteiger charge is -2.16. The highest BCUT2D eigenvalue weighted by molar-refractivity contribution is 6.72. The van der Waals surface area contributed by atoms with Gasteiger partial charge in [0.2, 0.25) is 0 Å². The number of ether oxygens (including phenoxy) is 2. The number of aliphatic hydroxyl groups is 1. The van der Waals surface area contributed by atoms with Crippen LogP contribution in [0.25, 0.3) is 11.4 Å². The molecule has 0 amide bonds. The summed E-state index contributed by atoms with van der Waals surface area (Å²) in [5, 5.41) is 55.9. The Hall–Kier alpha value is -8.01. The Morgan fingerprint density at radius 1 is 0.732 bits per heavy atom. The van der Waals surface area contributed by atoms with E-state index in [-0.39, 0.29) is 69.5 Å². The van der Waals surface area contributed by atoms with Gasteiger partial charge < -0.3 is 14.6 Å². The molecule has 282 valence electrons. The molecule has 0 saturated heterocycles. The molecule has 0 saturated carbocycles. The van der Waals surface area contributed by atoms with Gasteiger partial charge in [0.05, 0.1) is 55.0 Å². The van der Waals surface area contributed by atoms with E-state index >= 15 is 0 Å². The number of ketones is 1. The first-order chi connectivity index (χ1) is 27.1. The Morgan fingerprint density at radius 3 is 1.64 bits per heavy atom. The smallest absolute Gasteiger partial charge is 0.343 e. The second kappa shape index (κ2) is 15.2. The molecule has 2 aliphatic heterocycles. The topological polar surface area (TPSA) is 275 Å². The van der Waals surface area contributed by atoms with Crippen molar-refractivity contribution in [2.45, 2.75) is 13.8 Å². The molecule has 22 nitrogen and oxygen atoms in total. The van der Waals surface area contributed by atoms with Crippen LogP contribution in [0.2, 0.25) is 0 Å². The lowest BCUT2D eigenvalue weighted by molar-refractivity contribution is 0.0601. The molecular formula is C34H31N17O5. The number of para-hydroxylation sites is 2. The van der Waals surface area contributed by atoms with Gasteiger partial charge in [-0.25, -0.2) is 14.2 Å². The molecule has 5 aromatic rings. The first-order valence-corrected chi connectivity index (χ1v) is 16.5. The number of carbonyl (C=O) groups excluding carboxylic acids is 2. The van der Waals surface area contributed by atoms with E-state index in [4.69, 9.17) is 20.3 Å². The number of carbonyl (C=O) groups is 2. The number of Topliss-reactive ketones (excluding diaryl/α,β-unsaturated/α-hetero) is 1. The predicted molar refractivity (Wildman–Crippen MR) is 205 cm³/mol. The molecule has 3 aromatic heterocycles. The van der Waals surface area contributed by atoms with Crippen LogP contribution >= 0.6 is 0 Å². The largest absolute Gasteiger partial charge is 0.467 e. The standard InChI is InChI=1S/C34H31N17O5/c1-18-25(42-44-29-22(24(53)17-52)15-37-48(29)20-11-7-5-8-12-20)27(35)50(46-18)32-39-33(41-34(40-32)56-4)51-28(36)26(19(2)47-51)43-45-30-23(31(54)55-3)16-38-49(30)21-13-9-6-10-14-21/h5-16,35-36,44-45,52H,17H2,1-4H3/b35-27?,36-28?,42-25-,43-26-. The molecule has 0 atom stereocenters. The summed E-state index contributed by atoms with van der Waals surface area (Å²) in [6, 6.07) is 17.8. The number of anilines is 4. The van der Waals surface area contributed by atoms with Gasteiger partial charge in [0, 0.05) is 0 Å². The van der Waals surface area contributed by atoms with E-state index in [9.17, 15) is 14.7 Å². The van der Waals surface area contributed by atoms with Crippen molar-refractivity contribution in [2.24, 2.45) is 20.4 Å². The Kier molecular flexibility index (Phi) is 9.84. The fraction of sp³-hybridized carbons (Fsp3) is 0.147. The number of hydrazone groups is 4. The van der Waals surface area contributed by atoms with Crippen LogP contribution in [0.4, 0.5) is 23.5 Å². The van der Waals surface area contributed by atoms with Crippen molar-refractivity contribution >= 4 is 69.8 Å². The third-order valence-corrected chi connectivity index (χ3v) is 8.15. The van der Waals surface area contributed by atoms with Crippen molar-refractivity contribution in [2.75, 3.05) is 41.7 Å². The van der Waals surface area contributed by atoms with E-state index in [0.29, 0.717) is 17.1 Å². The highest BCUT2D eigenvalue weighted by Crippen LogP contribution is 2.26. The van der Waals surface area contributed by atoms with Crippen molar-refractivity contribution in [3.05, 3.63) is 84.2 Å². The predicted octanol–water partition coefficient (Wildman–Crippen LogP) is 2.50. The van der Waals surface area contributed by atoms with Gasteiger partial charge in [0.1, 0.15) is 12.2 Å². The van der Waals surface area contributed by atoms with Gasteiger partial charge in [0.15, 0.2) is 40.5 Å². The second-order valence-corrected chi connectivity index (χ2v) is 11.6. The molecule has 2 aromatic carbocycles. The number of aromatic nitrogens is 7. The van der Waals surface area contributed by atoms with E-state index < -0.39 is 18.4 Å². The van der Waals surface area contributed by atoms with Crippen LogP contribution in [0.15, 0.2) is 93.5 Å². The van der Waals surface area contributed by atoms with Gasteiger partial charge in [-0.05, 0) is 38.1 Å². The molecule has 22 heteroatoms. The molecule has 0 radical (unpaired) electrons. The van der Waals surface area contributed by atoms with Gasteiger partial charge in [0.25, 0.3) is 11.9 Å². The van der Waals surface area contributed by atoms with Crippen LogP contribution in [0.5, 0.6) is 6.01 Å². The third kappa shape index (κ3) is 6.69. The molecule has 0 bridgehead atoms. The molecule has 0 spiro atoms. The highest BCUT2D eigenvalue weighted by atomic mass is 16.5. The molecule has 5 N–H and O–H groups in total. The normalized spacial score (nSPS) is 15.4. The number of amidine groups is 2. The van der Waals surface area contributed by atoms with Gasteiger partial charge in [-0.1, -0.05) is 36.4 Å². The van der Waals surface area contributed by atoms with Crippen LogP contribution < -0.4 is 25.6 Å². The van der Waals surface area contributed by atoms with Gasteiger partial charge >= 0.3 is 12.0 Å². The van der Waals surface area contributed by atoms with Crippen molar-refractivity contribution in [1.82, 2.24) is 34.5 Å². The summed E-state index contributed by atoms with van der Waals surface area (Å²) >= 11 is 0. The number of esters is 1. The van der Waals surface area contributed by atoms with Crippen molar-refractivity contribution in [1.29, 1.82) is 10.8 Å². The van der Waals surface area contributed by atoms with Gasteiger partial charge in [-0.15, -0.1) is 0 Å². The van der Waals surface area contributed by atoms with Crippen molar-refractivity contribution in [3.8, 4) is 17.4 Å². The molecule has 0 unspecified atom stereocenters. The average molecular weight is 758 g/mol. The Labute approximate surface area is 316 Å². The Balaban J connectivity index is 1.16. The van der Waals surface area contributed by atoms with Gasteiger partial charge in [-0.3, -0.25) is 26.5 Å². The molecule has 0 fully saturated rings. The summed E-state index contributed by atoms with van der Waals surface area (Å²) in [7, 11) is 2.58. The van der Waals surface area contributed by atoms with Gasteiger partial charge in [-0.2, -0.15) is 55.6 Å². The molecule has 56 heavy (non-hydrogen) atoms. The third-order valence-electron chi connectivity index (χ3n) is 8.15. The minimum absolute atomic E-state index is 0.0680. The molecular weight excluding hydrogens is 726 g/mol. The maximum Gasteiger partial charge on any atom is 0.343 e. The molecule has 5 heterocycles. The van der Waals surface area contributed by atoms with Crippen LogP contribution in [0, 0.1) is 10.8 Å². The number of hydrogen-bond acceptors (Lipinski definition) is 18. The summed E-state index contributed by atoms with van der Waals surface area (Å²) < 4.78 is 13.2. The quantitative estimate of drug-likeness (QED) is 0.0695. The Morgan fingerprint density at radius 2 is 1.20 bits per heavy atom. The van der Waals surface area contributed by atoms with E-state index in [1.807, 2.05) is 24.3 Å². The second-order valence-electron chi connectivity index (χ2n) is 11.6. The number of nitrogens with zero attached hydrogens (tertiary/aromatic N) is 13. The lowest BCUT2D eigenvalue weighted by atomic mass is 10.2. The minimum atomic E-state index is -0.752. The molecule has 2 aliphatic rings. The van der Waals surface area contributed by atoms with Crippen molar-refractivity contribution in [3.63, 3.8) is 0 Å². The van der Waals surface area contributed by atoms with Crippen molar-refractivity contribution < 1.29 is 24.2 Å². The SMILES string of the molecule is COC(=O)c1cnn(-c2ccccc2)c1N/N=C1\C(=N)N(c2nc(OC)nc(N3N=C(C)/C(=N/Nc4c(C(=O)CO)cnn4-c4ccccc4)C3=N)n2)N=C1C. The first-order valence-electron chi connectivity index (χ1n) is 16.5. The number of hydrogen-bond donors (Lipinski definition) is 5. The Bertz CT molecular complexity index is 2340. The first kappa shape index (κ1) is 36.4. The zero-order valence-electron chi connectivity index (χ0n) is 30.0. The lowest BCUT2D eigenvalue weighted by Crippen LogP contribution is -2.31. The minimum Gasteiger partial charge on any atom is -0.467 e. The number of aliphatic hydroxyl groups excluding tert-OH is 1. The number of methoxy groups -OCH3 is 2. The van der Waals surface area contributed by atoms with E-state index in [2.05, 4.69) is 56.4 Å². The van der Waals surface area contributed by atoms with Crippen LogP contribution in [0.1, 0.15) is 34.6 Å². The monoisotopic (exact) mass is 757 g/mol. The summed E-state index contributed by atoms with van der Waals surface area (Å²) in [6.07, 6.45) is 2.65. The summed E-state index contributed by atoms with van der Waals surface area (Å²) in [5.41, 5.74) is 7.83.